The zero-order chi connectivity index (χ0) is 21.7. The lowest BCUT2D eigenvalue weighted by atomic mass is 9.94. The summed E-state index contributed by atoms with van der Waals surface area (Å²) in [6.07, 6.45) is 5.74. The van der Waals surface area contributed by atoms with Gasteiger partial charge in [-0.25, -0.2) is 9.97 Å². The first-order valence-corrected chi connectivity index (χ1v) is 11.5. The number of carbonyl (C=O) groups is 1. The van der Waals surface area contributed by atoms with Gasteiger partial charge in [0, 0.05) is 28.2 Å². The zero-order valence-corrected chi connectivity index (χ0v) is 18.3. The first-order chi connectivity index (χ1) is 15.7. The number of aromatic amines is 2. The number of H-pyrrole nitrogens is 2. The number of fused-ring (bicyclic) bond motifs is 2. The van der Waals surface area contributed by atoms with Gasteiger partial charge in [0.15, 0.2) is 17.3 Å². The number of nitrogens with zero attached hydrogens (tertiary/aromatic N) is 4. The Kier molecular flexibility index (Phi) is 4.58. The molecule has 0 bridgehead atoms. The molecule has 5 aromatic heterocycles. The second-order valence-electron chi connectivity index (χ2n) is 8.12. The van der Waals surface area contributed by atoms with Crippen molar-refractivity contribution in [1.82, 2.24) is 35.5 Å². The first kappa shape index (κ1) is 19.3. The SMILES string of the molecule is CC(=O)c1ccc(-c2cncc3[nH]c(-c4n[nH]c5ccc(C6CCNCC6)nc45)nc23)s1. The number of carbonyl (C=O) groups excluding carboxylic acids is 1. The van der Waals surface area contributed by atoms with Gasteiger partial charge in [-0.05, 0) is 57.1 Å². The van der Waals surface area contributed by atoms with Crippen LogP contribution in [0.2, 0.25) is 0 Å². The normalized spacial score (nSPS) is 15.0. The molecule has 0 amide bonds. The van der Waals surface area contributed by atoms with E-state index < -0.39 is 0 Å². The predicted molar refractivity (Wildman–Crippen MR) is 125 cm³/mol. The lowest BCUT2D eigenvalue weighted by molar-refractivity contribution is 0.102. The lowest BCUT2D eigenvalue weighted by Crippen LogP contribution is -2.27. The van der Waals surface area contributed by atoms with Gasteiger partial charge < -0.3 is 10.3 Å². The minimum atomic E-state index is 0.0581. The molecule has 5 aromatic rings. The summed E-state index contributed by atoms with van der Waals surface area (Å²) in [5.41, 5.74) is 6.04. The molecule has 0 aliphatic carbocycles. The van der Waals surface area contributed by atoms with Crippen LogP contribution in [0.15, 0.2) is 36.7 Å². The van der Waals surface area contributed by atoms with Gasteiger partial charge in [0.05, 0.1) is 22.1 Å². The predicted octanol–water partition coefficient (Wildman–Crippen LogP) is 4.29. The second kappa shape index (κ2) is 7.61. The molecule has 9 heteroatoms. The highest BCUT2D eigenvalue weighted by Crippen LogP contribution is 2.34. The number of thiophene rings is 1. The molecule has 1 fully saturated rings. The number of piperidine rings is 1. The summed E-state index contributed by atoms with van der Waals surface area (Å²) in [6.45, 7) is 3.63. The van der Waals surface area contributed by atoms with Gasteiger partial charge in [0.25, 0.3) is 0 Å². The van der Waals surface area contributed by atoms with Crippen LogP contribution in [-0.4, -0.2) is 49.0 Å². The minimum Gasteiger partial charge on any atom is -0.335 e. The van der Waals surface area contributed by atoms with E-state index in [-0.39, 0.29) is 5.78 Å². The number of hydrogen-bond acceptors (Lipinski definition) is 7. The van der Waals surface area contributed by atoms with Crippen LogP contribution in [0.4, 0.5) is 0 Å². The van der Waals surface area contributed by atoms with Crippen molar-refractivity contribution >= 4 is 39.2 Å². The Morgan fingerprint density at radius 1 is 1.03 bits per heavy atom. The van der Waals surface area contributed by atoms with Gasteiger partial charge in [-0.3, -0.25) is 14.9 Å². The van der Waals surface area contributed by atoms with Crippen LogP contribution in [0.3, 0.4) is 0 Å². The molecule has 0 radical (unpaired) electrons. The Balaban J connectivity index is 1.44. The molecule has 0 spiro atoms. The number of pyridine rings is 2. The van der Waals surface area contributed by atoms with E-state index in [1.807, 2.05) is 12.1 Å². The molecule has 0 atom stereocenters. The van der Waals surface area contributed by atoms with Crippen molar-refractivity contribution in [2.45, 2.75) is 25.7 Å². The van der Waals surface area contributed by atoms with Crippen LogP contribution in [0.1, 0.15) is 41.0 Å². The quantitative estimate of drug-likeness (QED) is 0.357. The Labute approximate surface area is 187 Å². The van der Waals surface area contributed by atoms with E-state index in [1.54, 1.807) is 19.3 Å². The smallest absolute Gasteiger partial charge is 0.169 e. The lowest BCUT2D eigenvalue weighted by Gasteiger charge is -2.22. The molecule has 160 valence electrons. The summed E-state index contributed by atoms with van der Waals surface area (Å²) in [6, 6.07) is 7.95. The third-order valence-corrected chi connectivity index (χ3v) is 7.24. The third kappa shape index (κ3) is 3.21. The molecule has 1 aliphatic rings. The largest absolute Gasteiger partial charge is 0.335 e. The topological polar surface area (TPSA) is 112 Å². The first-order valence-electron chi connectivity index (χ1n) is 10.7. The standard InChI is InChI=1S/C23H21N7OS/c1-12(31)18-4-5-19(32-18)14-10-25-11-17-20(14)28-23(27-17)22-21-16(29-30-22)3-2-15(26-21)13-6-8-24-9-7-13/h2-5,10-11,13,24H,6-9H2,1H3,(H,27,28)(H,29,30). The summed E-state index contributed by atoms with van der Waals surface area (Å²) in [5.74, 6) is 1.17. The molecule has 6 rings (SSSR count). The van der Waals surface area contributed by atoms with Crippen molar-refractivity contribution in [2.75, 3.05) is 13.1 Å². The summed E-state index contributed by atoms with van der Waals surface area (Å²) < 4.78 is 0. The van der Waals surface area contributed by atoms with E-state index in [2.05, 4.69) is 37.6 Å². The van der Waals surface area contributed by atoms with Crippen molar-refractivity contribution in [3.8, 4) is 22.0 Å². The summed E-state index contributed by atoms with van der Waals surface area (Å²) in [5, 5.41) is 11.0. The van der Waals surface area contributed by atoms with Crippen LogP contribution in [0, 0.1) is 0 Å². The highest BCUT2D eigenvalue weighted by Gasteiger charge is 2.21. The van der Waals surface area contributed by atoms with Crippen molar-refractivity contribution in [3.63, 3.8) is 0 Å². The van der Waals surface area contributed by atoms with E-state index in [1.165, 1.54) is 11.3 Å². The second-order valence-corrected chi connectivity index (χ2v) is 9.20. The molecule has 0 aromatic carbocycles. The molecule has 1 aliphatic heterocycles. The maximum Gasteiger partial charge on any atom is 0.169 e. The molecule has 0 saturated carbocycles. The fourth-order valence-corrected chi connectivity index (χ4v) is 5.23. The Morgan fingerprint density at radius 3 is 2.72 bits per heavy atom. The molecule has 1 saturated heterocycles. The summed E-state index contributed by atoms with van der Waals surface area (Å²) >= 11 is 1.45. The number of imidazole rings is 1. The van der Waals surface area contributed by atoms with Gasteiger partial charge in [0.1, 0.15) is 11.0 Å². The molecule has 3 N–H and O–H groups in total. The average molecular weight is 444 g/mol. The Bertz CT molecular complexity index is 1460. The number of nitrogens with one attached hydrogen (secondary N) is 3. The Morgan fingerprint density at radius 2 is 1.91 bits per heavy atom. The molecular formula is C23H21N7OS. The molecule has 6 heterocycles. The summed E-state index contributed by atoms with van der Waals surface area (Å²) in [4.78, 5) is 31.0. The zero-order valence-electron chi connectivity index (χ0n) is 17.5. The number of hydrogen-bond donors (Lipinski definition) is 3. The van der Waals surface area contributed by atoms with Gasteiger partial charge in [-0.2, -0.15) is 5.10 Å². The van der Waals surface area contributed by atoms with E-state index in [4.69, 9.17) is 9.97 Å². The van der Waals surface area contributed by atoms with Gasteiger partial charge in [-0.15, -0.1) is 11.3 Å². The van der Waals surface area contributed by atoms with Gasteiger partial charge in [0.2, 0.25) is 0 Å². The fourth-order valence-electron chi connectivity index (χ4n) is 4.32. The van der Waals surface area contributed by atoms with E-state index in [0.717, 1.165) is 69.0 Å². The average Bonchev–Trinajstić information content (AvgIpc) is 3.56. The van der Waals surface area contributed by atoms with E-state index in [0.29, 0.717) is 17.4 Å². The number of rotatable bonds is 4. The minimum absolute atomic E-state index is 0.0581. The van der Waals surface area contributed by atoms with Crippen LogP contribution < -0.4 is 5.32 Å². The summed E-state index contributed by atoms with van der Waals surface area (Å²) in [7, 11) is 0. The number of ketones is 1. The highest BCUT2D eigenvalue weighted by molar-refractivity contribution is 7.17. The van der Waals surface area contributed by atoms with Crippen molar-refractivity contribution in [3.05, 3.63) is 47.2 Å². The number of Topliss-reactive ketones (excluding diaryl/α,β-unsaturated/α-hetero) is 1. The molecule has 8 nitrogen and oxygen atoms in total. The van der Waals surface area contributed by atoms with Crippen molar-refractivity contribution < 1.29 is 4.79 Å². The van der Waals surface area contributed by atoms with Gasteiger partial charge >= 0.3 is 0 Å². The van der Waals surface area contributed by atoms with Crippen LogP contribution in [0.25, 0.3) is 44.0 Å². The van der Waals surface area contributed by atoms with Gasteiger partial charge in [-0.1, -0.05) is 0 Å². The monoisotopic (exact) mass is 443 g/mol. The highest BCUT2D eigenvalue weighted by atomic mass is 32.1. The van der Waals surface area contributed by atoms with Crippen LogP contribution in [-0.2, 0) is 0 Å². The van der Waals surface area contributed by atoms with E-state index >= 15 is 0 Å². The van der Waals surface area contributed by atoms with Crippen molar-refractivity contribution in [1.29, 1.82) is 0 Å². The van der Waals surface area contributed by atoms with Crippen molar-refractivity contribution in [2.24, 2.45) is 0 Å². The maximum absolute atomic E-state index is 11.7. The number of aromatic nitrogens is 6. The van der Waals surface area contributed by atoms with Crippen LogP contribution >= 0.6 is 11.3 Å². The maximum atomic E-state index is 11.7. The fraction of sp³-hybridized carbons (Fsp3) is 0.261. The molecule has 0 unspecified atom stereocenters. The third-order valence-electron chi connectivity index (χ3n) is 6.02. The van der Waals surface area contributed by atoms with Crippen LogP contribution in [0.5, 0.6) is 0 Å². The molecule has 32 heavy (non-hydrogen) atoms. The molecular weight excluding hydrogens is 422 g/mol. The van der Waals surface area contributed by atoms with E-state index in [9.17, 15) is 4.79 Å². The Hall–Kier alpha value is -3.43.